The van der Waals surface area contributed by atoms with Crippen LogP contribution in [-0.2, 0) is 6.42 Å². The number of aromatic hydroxyl groups is 1. The highest BCUT2D eigenvalue weighted by Gasteiger charge is 2.34. The van der Waals surface area contributed by atoms with Gasteiger partial charge in [-0.15, -0.1) is 5.10 Å². The molecule has 0 radical (unpaired) electrons. The van der Waals surface area contributed by atoms with Crippen molar-refractivity contribution in [2.24, 2.45) is 0 Å². The summed E-state index contributed by atoms with van der Waals surface area (Å²) < 4.78 is 1.58. The molecule has 0 aliphatic carbocycles. The normalized spacial score (nSPS) is 16.9. The Balaban J connectivity index is 1.83. The van der Waals surface area contributed by atoms with Gasteiger partial charge < -0.3 is 10.0 Å². The van der Waals surface area contributed by atoms with Crippen molar-refractivity contribution in [3.63, 3.8) is 0 Å². The largest absolute Gasteiger partial charge is 0.492 e. The Morgan fingerprint density at radius 2 is 2.17 bits per heavy atom. The van der Waals surface area contributed by atoms with Crippen LogP contribution in [0.25, 0.3) is 4.96 Å². The van der Waals surface area contributed by atoms with Crippen LogP contribution in [0.3, 0.4) is 0 Å². The van der Waals surface area contributed by atoms with Crippen molar-refractivity contribution in [1.29, 1.82) is 0 Å². The summed E-state index contributed by atoms with van der Waals surface area (Å²) in [6.07, 6.45) is 3.19. The molecule has 3 aromatic rings. The zero-order chi connectivity index (χ0) is 16.7. The van der Waals surface area contributed by atoms with E-state index in [1.165, 1.54) is 29.1 Å². The Kier molecular flexibility index (Phi) is 4.20. The summed E-state index contributed by atoms with van der Waals surface area (Å²) in [5.74, 6) is 0.975. The average molecular weight is 364 g/mol. The molecule has 1 aromatic carbocycles. The van der Waals surface area contributed by atoms with Crippen molar-refractivity contribution in [2.75, 3.05) is 13.1 Å². The Morgan fingerprint density at radius 1 is 1.38 bits per heavy atom. The van der Waals surface area contributed by atoms with E-state index in [2.05, 4.69) is 16.1 Å². The number of aromatic nitrogens is 3. The number of nitrogens with one attached hydrogen (secondary N) is 1. The van der Waals surface area contributed by atoms with Gasteiger partial charge in [-0.05, 0) is 12.1 Å². The van der Waals surface area contributed by atoms with Gasteiger partial charge in [-0.2, -0.15) is 4.52 Å². The second kappa shape index (κ2) is 6.35. The van der Waals surface area contributed by atoms with E-state index in [-0.39, 0.29) is 11.9 Å². The fourth-order valence-electron chi connectivity index (χ4n) is 3.50. The molecule has 1 aliphatic rings. The predicted octanol–water partition coefficient (Wildman–Crippen LogP) is 2.48. The lowest BCUT2D eigenvalue weighted by Gasteiger charge is -2.24. The molecular weight excluding hydrogens is 344 g/mol. The van der Waals surface area contributed by atoms with Crippen molar-refractivity contribution < 1.29 is 10.0 Å². The van der Waals surface area contributed by atoms with E-state index < -0.39 is 0 Å². The van der Waals surface area contributed by atoms with Crippen LogP contribution >= 0.6 is 22.9 Å². The molecule has 24 heavy (non-hydrogen) atoms. The van der Waals surface area contributed by atoms with E-state index in [0.717, 1.165) is 45.8 Å². The first-order valence-electron chi connectivity index (χ1n) is 8.34. The Labute approximate surface area is 149 Å². The number of rotatable bonds is 4. The number of quaternary nitrogens is 1. The van der Waals surface area contributed by atoms with E-state index in [9.17, 15) is 5.11 Å². The topological polar surface area (TPSA) is 54.9 Å². The maximum Gasteiger partial charge on any atom is 0.235 e. The van der Waals surface area contributed by atoms with Crippen molar-refractivity contribution in [2.45, 2.75) is 32.2 Å². The van der Waals surface area contributed by atoms with Crippen LogP contribution in [0.15, 0.2) is 24.3 Å². The predicted molar refractivity (Wildman–Crippen MR) is 95.1 cm³/mol. The standard InChI is InChI=1S/C17H19ClN4OS/c1-2-13-19-17-22(20-13)16(23)15(24-17)14(21-8-3-4-9-21)11-6-5-7-12(18)10-11/h5-7,10,14,23H,2-4,8-9H2,1H3/p+1/t14-/m1/s1. The molecule has 2 N–H and O–H groups in total. The second-order valence-corrected chi connectivity index (χ2v) is 7.66. The maximum absolute atomic E-state index is 10.8. The van der Waals surface area contributed by atoms with E-state index in [1.807, 2.05) is 25.1 Å². The molecule has 1 aliphatic heterocycles. The minimum absolute atomic E-state index is 0.0739. The average Bonchev–Trinajstić information content (AvgIpc) is 3.28. The highest BCUT2D eigenvalue weighted by Crippen LogP contribution is 2.35. The van der Waals surface area contributed by atoms with Gasteiger partial charge >= 0.3 is 0 Å². The monoisotopic (exact) mass is 363 g/mol. The third-order valence-corrected chi connectivity index (χ3v) is 5.98. The fraction of sp³-hybridized carbons (Fsp3) is 0.412. The highest BCUT2D eigenvalue weighted by atomic mass is 35.5. The Hall–Kier alpha value is -1.63. The Morgan fingerprint density at radius 3 is 2.83 bits per heavy atom. The summed E-state index contributed by atoms with van der Waals surface area (Å²) >= 11 is 7.75. The molecular formula is C17H20ClN4OS+. The minimum atomic E-state index is 0.0739. The van der Waals surface area contributed by atoms with Crippen molar-refractivity contribution in [1.82, 2.24) is 14.6 Å². The van der Waals surface area contributed by atoms with Gasteiger partial charge in [0.05, 0.1) is 13.1 Å². The van der Waals surface area contributed by atoms with E-state index in [0.29, 0.717) is 0 Å². The van der Waals surface area contributed by atoms with Crippen LogP contribution in [0, 0.1) is 0 Å². The maximum atomic E-state index is 10.8. The molecule has 1 saturated heterocycles. The zero-order valence-electron chi connectivity index (χ0n) is 13.5. The number of hydrogen-bond acceptors (Lipinski definition) is 4. The summed E-state index contributed by atoms with van der Waals surface area (Å²) in [5, 5.41) is 15.9. The number of nitrogens with zero attached hydrogens (tertiary/aromatic N) is 3. The quantitative estimate of drug-likeness (QED) is 0.748. The zero-order valence-corrected chi connectivity index (χ0v) is 15.1. The molecule has 0 spiro atoms. The molecule has 7 heteroatoms. The smallest absolute Gasteiger partial charge is 0.235 e. The molecule has 0 amide bonds. The number of halogens is 1. The highest BCUT2D eigenvalue weighted by molar-refractivity contribution is 7.17. The van der Waals surface area contributed by atoms with E-state index in [1.54, 1.807) is 4.52 Å². The van der Waals surface area contributed by atoms with Crippen LogP contribution in [0.4, 0.5) is 0 Å². The number of thiazole rings is 1. The van der Waals surface area contributed by atoms with Gasteiger partial charge in [-0.1, -0.05) is 42.0 Å². The van der Waals surface area contributed by atoms with Crippen LogP contribution < -0.4 is 4.90 Å². The molecule has 1 fully saturated rings. The number of likely N-dealkylation sites (tertiary alicyclic amines) is 1. The lowest BCUT2D eigenvalue weighted by Crippen LogP contribution is -3.10. The fourth-order valence-corrected chi connectivity index (χ4v) is 4.86. The minimum Gasteiger partial charge on any atom is -0.492 e. The first-order chi connectivity index (χ1) is 11.7. The van der Waals surface area contributed by atoms with Gasteiger partial charge in [0.2, 0.25) is 10.8 Å². The molecule has 0 saturated carbocycles. The molecule has 1 atom stereocenters. The van der Waals surface area contributed by atoms with Crippen molar-refractivity contribution in [3.05, 3.63) is 45.6 Å². The summed E-state index contributed by atoms with van der Waals surface area (Å²) in [6.45, 7) is 4.22. The van der Waals surface area contributed by atoms with Crippen molar-refractivity contribution >= 4 is 27.9 Å². The van der Waals surface area contributed by atoms with E-state index >= 15 is 0 Å². The van der Waals surface area contributed by atoms with Gasteiger partial charge in [0.25, 0.3) is 0 Å². The van der Waals surface area contributed by atoms with Gasteiger partial charge in [-0.25, -0.2) is 4.98 Å². The number of fused-ring (bicyclic) bond motifs is 1. The van der Waals surface area contributed by atoms with Crippen LogP contribution in [-0.4, -0.2) is 32.8 Å². The van der Waals surface area contributed by atoms with Gasteiger partial charge in [0.1, 0.15) is 4.88 Å². The first-order valence-corrected chi connectivity index (χ1v) is 9.54. The van der Waals surface area contributed by atoms with Gasteiger partial charge in [-0.3, -0.25) is 0 Å². The molecule has 126 valence electrons. The SMILES string of the molecule is CCc1nc2sc([C@@H](c3cccc(Cl)c3)[NH+]3CCCC3)c(O)n2n1. The second-order valence-electron chi connectivity index (χ2n) is 6.22. The van der Waals surface area contributed by atoms with Crippen LogP contribution in [0.1, 0.15) is 42.1 Å². The lowest BCUT2D eigenvalue weighted by molar-refractivity contribution is -0.913. The van der Waals surface area contributed by atoms with Crippen LogP contribution in [0.5, 0.6) is 5.88 Å². The number of hydrogen-bond donors (Lipinski definition) is 2. The third-order valence-electron chi connectivity index (χ3n) is 4.66. The Bertz CT molecular complexity index is 869. The first kappa shape index (κ1) is 15.9. The van der Waals surface area contributed by atoms with Crippen LogP contribution in [0.2, 0.25) is 5.02 Å². The molecule has 0 unspecified atom stereocenters. The molecule has 3 heterocycles. The van der Waals surface area contributed by atoms with Gasteiger partial charge in [0, 0.05) is 29.8 Å². The van der Waals surface area contributed by atoms with Gasteiger partial charge in [0.15, 0.2) is 11.9 Å². The molecule has 0 bridgehead atoms. The molecule has 2 aromatic heterocycles. The summed E-state index contributed by atoms with van der Waals surface area (Å²) in [4.78, 5) is 7.65. The van der Waals surface area contributed by atoms with E-state index in [4.69, 9.17) is 11.6 Å². The third kappa shape index (κ3) is 2.68. The number of benzene rings is 1. The summed E-state index contributed by atoms with van der Waals surface area (Å²) in [6, 6.07) is 8.03. The summed E-state index contributed by atoms with van der Waals surface area (Å²) in [5.41, 5.74) is 1.13. The van der Waals surface area contributed by atoms with Crippen molar-refractivity contribution in [3.8, 4) is 5.88 Å². The summed E-state index contributed by atoms with van der Waals surface area (Å²) in [7, 11) is 0. The lowest BCUT2D eigenvalue weighted by atomic mass is 10.0. The molecule has 5 nitrogen and oxygen atoms in total. The molecule has 4 rings (SSSR count). The number of aryl methyl sites for hydroxylation is 1.